The molecule has 106 valence electrons. The average Bonchev–Trinajstić information content (AvgIpc) is 2.41. The zero-order valence-electron chi connectivity index (χ0n) is 10.9. The normalized spacial score (nSPS) is 11.1. The fourth-order valence-corrected chi connectivity index (χ4v) is 2.79. The first kappa shape index (κ1) is 14.1. The summed E-state index contributed by atoms with van der Waals surface area (Å²) in [6, 6.07) is 9.87. The van der Waals surface area contributed by atoms with Crippen LogP contribution in [0.25, 0.3) is 0 Å². The lowest BCUT2D eigenvalue weighted by molar-refractivity contribution is 0.398. The molecule has 1 aromatic carbocycles. The van der Waals surface area contributed by atoms with E-state index in [1.165, 1.54) is 13.3 Å². The summed E-state index contributed by atoms with van der Waals surface area (Å²) in [5.41, 5.74) is 7.20. The number of sulfonamides is 1. The highest BCUT2D eigenvalue weighted by Crippen LogP contribution is 2.15. The minimum absolute atomic E-state index is 0.126. The number of nitrogens with one attached hydrogen (secondary N) is 1. The molecule has 0 saturated heterocycles. The van der Waals surface area contributed by atoms with Gasteiger partial charge < -0.3 is 10.5 Å². The third-order valence-corrected chi connectivity index (χ3v) is 3.82. The number of nitrogens with two attached hydrogens (primary N) is 1. The largest absolute Gasteiger partial charge is 0.481 e. The summed E-state index contributed by atoms with van der Waals surface area (Å²) in [5, 5.41) is 0. The van der Waals surface area contributed by atoms with Crippen LogP contribution in [0.15, 0.2) is 42.6 Å². The number of anilines is 2. The maximum absolute atomic E-state index is 12.0. The van der Waals surface area contributed by atoms with Crippen LogP contribution in [0.2, 0.25) is 0 Å². The lowest BCUT2D eigenvalue weighted by atomic mass is 10.2. The lowest BCUT2D eigenvalue weighted by Gasteiger charge is -2.08. The number of nitrogen functional groups attached to an aromatic ring is 1. The molecular weight excluding hydrogens is 278 g/mol. The second-order valence-corrected chi connectivity index (χ2v) is 5.91. The first-order valence-electron chi connectivity index (χ1n) is 5.83. The van der Waals surface area contributed by atoms with Gasteiger partial charge in [0.05, 0.1) is 24.7 Å². The Kier molecular flexibility index (Phi) is 4.09. The van der Waals surface area contributed by atoms with Crippen molar-refractivity contribution in [2.45, 2.75) is 5.75 Å². The van der Waals surface area contributed by atoms with Gasteiger partial charge in [0, 0.05) is 11.8 Å². The molecule has 0 amide bonds. The van der Waals surface area contributed by atoms with E-state index in [9.17, 15) is 8.42 Å². The molecule has 2 rings (SSSR count). The van der Waals surface area contributed by atoms with E-state index < -0.39 is 10.0 Å². The van der Waals surface area contributed by atoms with E-state index in [4.69, 9.17) is 10.5 Å². The molecule has 0 aliphatic carbocycles. The molecule has 1 aromatic heterocycles. The maximum atomic E-state index is 12.0. The summed E-state index contributed by atoms with van der Waals surface area (Å²) in [6.07, 6.45) is 1.40. The highest BCUT2D eigenvalue weighted by Gasteiger charge is 2.12. The third-order valence-electron chi connectivity index (χ3n) is 2.56. The van der Waals surface area contributed by atoms with Gasteiger partial charge >= 0.3 is 0 Å². The van der Waals surface area contributed by atoms with Gasteiger partial charge in [-0.1, -0.05) is 12.1 Å². The highest BCUT2D eigenvalue weighted by molar-refractivity contribution is 7.91. The van der Waals surface area contributed by atoms with Crippen LogP contribution in [0.5, 0.6) is 5.88 Å². The number of nitrogens with zero attached hydrogens (tertiary/aromatic N) is 1. The number of benzene rings is 1. The monoisotopic (exact) mass is 293 g/mol. The maximum Gasteiger partial charge on any atom is 0.236 e. The topological polar surface area (TPSA) is 94.3 Å². The summed E-state index contributed by atoms with van der Waals surface area (Å²) in [5.74, 6) is 0.297. The van der Waals surface area contributed by atoms with E-state index in [1.807, 2.05) is 0 Å². The summed E-state index contributed by atoms with van der Waals surface area (Å²) in [6.45, 7) is 0. The lowest BCUT2D eigenvalue weighted by Crippen LogP contribution is -2.15. The van der Waals surface area contributed by atoms with Crippen molar-refractivity contribution in [1.82, 2.24) is 4.98 Å². The Labute approximate surface area is 117 Å². The number of aromatic nitrogens is 1. The van der Waals surface area contributed by atoms with Crippen molar-refractivity contribution in [2.24, 2.45) is 0 Å². The van der Waals surface area contributed by atoms with E-state index in [-0.39, 0.29) is 5.75 Å². The Hall–Kier alpha value is -2.28. The minimum Gasteiger partial charge on any atom is -0.481 e. The molecule has 0 unspecified atom stereocenters. The zero-order valence-corrected chi connectivity index (χ0v) is 11.7. The molecule has 2 aromatic rings. The number of ether oxygens (including phenoxy) is 1. The first-order valence-corrected chi connectivity index (χ1v) is 7.49. The standard InChI is InChI=1S/C13H15N3O3S/c1-19-13-7-6-12(8-15-13)16-20(17,18)9-10-2-4-11(14)5-3-10/h2-8,16H,9,14H2,1H3. The van der Waals surface area contributed by atoms with Crippen LogP contribution in [-0.4, -0.2) is 20.5 Å². The van der Waals surface area contributed by atoms with Crippen molar-refractivity contribution in [2.75, 3.05) is 17.6 Å². The van der Waals surface area contributed by atoms with E-state index in [0.717, 1.165) is 0 Å². The Morgan fingerprint density at radius 3 is 2.45 bits per heavy atom. The number of pyridine rings is 1. The molecule has 0 spiro atoms. The van der Waals surface area contributed by atoms with Gasteiger partial charge in [-0.3, -0.25) is 4.72 Å². The SMILES string of the molecule is COc1ccc(NS(=O)(=O)Cc2ccc(N)cc2)cn1. The molecule has 0 atom stereocenters. The van der Waals surface area contributed by atoms with Gasteiger partial charge in [-0.2, -0.15) is 0 Å². The molecule has 0 saturated carbocycles. The van der Waals surface area contributed by atoms with Gasteiger partial charge in [-0.05, 0) is 23.8 Å². The van der Waals surface area contributed by atoms with Gasteiger partial charge in [-0.15, -0.1) is 0 Å². The molecule has 0 fully saturated rings. The van der Waals surface area contributed by atoms with Gasteiger partial charge in [0.15, 0.2) is 0 Å². The Bertz CT molecular complexity index is 667. The van der Waals surface area contributed by atoms with Crippen LogP contribution in [0.4, 0.5) is 11.4 Å². The van der Waals surface area contributed by atoms with E-state index in [0.29, 0.717) is 22.8 Å². The first-order chi connectivity index (χ1) is 9.48. The molecule has 20 heavy (non-hydrogen) atoms. The van der Waals surface area contributed by atoms with Crippen LogP contribution in [0.1, 0.15) is 5.56 Å². The smallest absolute Gasteiger partial charge is 0.236 e. The summed E-state index contributed by atoms with van der Waals surface area (Å²) < 4.78 is 31.4. The molecule has 0 radical (unpaired) electrons. The molecule has 7 heteroatoms. The fraction of sp³-hybridized carbons (Fsp3) is 0.154. The van der Waals surface area contributed by atoms with Crippen molar-refractivity contribution >= 4 is 21.4 Å². The van der Waals surface area contributed by atoms with Gasteiger partial charge in [0.2, 0.25) is 15.9 Å². The number of methoxy groups -OCH3 is 1. The Balaban J connectivity index is 2.08. The molecule has 3 N–H and O–H groups in total. The van der Waals surface area contributed by atoms with Gasteiger partial charge in [-0.25, -0.2) is 13.4 Å². The van der Waals surface area contributed by atoms with Crippen LogP contribution in [0, 0.1) is 0 Å². The quantitative estimate of drug-likeness (QED) is 0.817. The number of hydrogen-bond donors (Lipinski definition) is 2. The van der Waals surface area contributed by atoms with Crippen molar-refractivity contribution in [3.8, 4) is 5.88 Å². The Morgan fingerprint density at radius 2 is 1.90 bits per heavy atom. The molecule has 0 aliphatic heterocycles. The number of hydrogen-bond acceptors (Lipinski definition) is 5. The summed E-state index contributed by atoms with van der Waals surface area (Å²) in [7, 11) is -2.00. The Morgan fingerprint density at radius 1 is 1.20 bits per heavy atom. The van der Waals surface area contributed by atoms with Crippen molar-refractivity contribution in [3.05, 3.63) is 48.2 Å². The molecule has 1 heterocycles. The average molecular weight is 293 g/mol. The van der Waals surface area contributed by atoms with Crippen LogP contribution in [0.3, 0.4) is 0 Å². The molecule has 6 nitrogen and oxygen atoms in total. The second-order valence-electron chi connectivity index (χ2n) is 4.19. The van der Waals surface area contributed by atoms with Gasteiger partial charge in [0.1, 0.15) is 0 Å². The van der Waals surface area contributed by atoms with E-state index in [2.05, 4.69) is 9.71 Å². The van der Waals surface area contributed by atoms with E-state index in [1.54, 1.807) is 36.4 Å². The summed E-state index contributed by atoms with van der Waals surface area (Å²) >= 11 is 0. The van der Waals surface area contributed by atoms with E-state index >= 15 is 0 Å². The fourth-order valence-electron chi connectivity index (χ4n) is 1.61. The third kappa shape index (κ3) is 3.86. The van der Waals surface area contributed by atoms with Crippen molar-refractivity contribution < 1.29 is 13.2 Å². The predicted molar refractivity (Wildman–Crippen MR) is 77.9 cm³/mol. The molecule has 0 bridgehead atoms. The minimum atomic E-state index is -3.49. The summed E-state index contributed by atoms with van der Waals surface area (Å²) in [4.78, 5) is 3.93. The van der Waals surface area contributed by atoms with Crippen LogP contribution in [-0.2, 0) is 15.8 Å². The zero-order chi connectivity index (χ0) is 14.6. The van der Waals surface area contributed by atoms with Crippen LogP contribution >= 0.6 is 0 Å². The van der Waals surface area contributed by atoms with Gasteiger partial charge in [0.25, 0.3) is 0 Å². The second kappa shape index (κ2) is 5.79. The predicted octanol–water partition coefficient (Wildman–Crippen LogP) is 1.61. The van der Waals surface area contributed by atoms with Crippen LogP contribution < -0.4 is 15.2 Å². The highest BCUT2D eigenvalue weighted by atomic mass is 32.2. The molecule has 0 aliphatic rings. The van der Waals surface area contributed by atoms with Crippen molar-refractivity contribution in [3.63, 3.8) is 0 Å². The number of rotatable bonds is 5. The molecular formula is C13H15N3O3S. The van der Waals surface area contributed by atoms with Crippen molar-refractivity contribution in [1.29, 1.82) is 0 Å².